The third-order valence-corrected chi connectivity index (χ3v) is 22.4. The number of hydrogen-bond acceptors (Lipinski definition) is 12. The number of Topliss-reactive ketones (excluding diaryl/α,β-unsaturated/α-hetero) is 2. The molecule has 0 fully saturated rings. The number of aromatic amines is 4. The number of carbonyl (C=O) groups excluding carboxylic acids is 5. The van der Waals surface area contributed by atoms with Gasteiger partial charge in [0.15, 0.2) is 11.6 Å². The lowest BCUT2D eigenvalue weighted by molar-refractivity contribution is -0.143. The van der Waals surface area contributed by atoms with Crippen molar-refractivity contribution in [3.8, 4) is 0 Å². The highest BCUT2D eigenvalue weighted by Gasteiger charge is 2.28. The van der Waals surface area contributed by atoms with Crippen LogP contribution in [0.3, 0.4) is 0 Å². The smallest absolute Gasteiger partial charge is 0.325 e. The van der Waals surface area contributed by atoms with Crippen molar-refractivity contribution in [1.29, 1.82) is 0 Å². The Bertz CT molecular complexity index is 4830. The first-order valence-corrected chi connectivity index (χ1v) is 37.4. The van der Waals surface area contributed by atoms with Gasteiger partial charge >= 0.3 is 5.97 Å². The number of anilines is 2. The van der Waals surface area contributed by atoms with Crippen LogP contribution in [0.4, 0.5) is 11.4 Å². The van der Waals surface area contributed by atoms with E-state index in [9.17, 15) is 29.2 Å². The fraction of sp³-hybridized carbons (Fsp3) is 0.247. The average molecular weight is 1500 g/mol. The molecule has 518 valence electrons. The number of benzene rings is 6. The van der Waals surface area contributed by atoms with Gasteiger partial charge in [-0.05, 0) is 214 Å². The van der Waals surface area contributed by atoms with E-state index in [0.717, 1.165) is 195 Å². The van der Waals surface area contributed by atoms with E-state index < -0.39 is 0 Å². The Morgan fingerprint density at radius 1 is 0.520 bits per heavy atom. The SMILES string of the molecule is CC(=O)Nc1cccc2[nH]c(C)c(Sc3ccc(Cl)cc3)c12.CCOC(=O)Cn1c(C)c(Sc2ccc(Cl)cc2)c2c(NC(C)=O)cccc21.Cc1[nH]c2c(c1Sc1ccc(Cl)cc1)/C(=N/O)CCC2.Cc1[nH]c2c(c1Sc1ccc(Cl)cc1)C(=O)CCC2.Cc1cc2c([nH]1)CCCC2=O. The molecule has 0 aliphatic heterocycles. The van der Waals surface area contributed by atoms with E-state index in [1.807, 2.05) is 172 Å². The molecule has 3 aliphatic rings. The van der Waals surface area contributed by atoms with Crippen LogP contribution in [0.25, 0.3) is 21.8 Å². The third-order valence-electron chi connectivity index (χ3n) is 16.5. The Balaban J connectivity index is 0.000000138. The molecule has 5 aromatic heterocycles. The van der Waals surface area contributed by atoms with Crippen LogP contribution in [-0.4, -0.2) is 71.4 Å². The molecule has 11 aromatic rings. The number of ether oxygens (including phenoxy) is 1. The summed E-state index contributed by atoms with van der Waals surface area (Å²) in [6, 6.07) is 44.3. The van der Waals surface area contributed by atoms with Crippen LogP contribution in [0.5, 0.6) is 0 Å². The number of nitrogens with one attached hydrogen (secondary N) is 6. The molecular formula is C77H76Cl4N8O7S4. The number of H-pyrrole nitrogens is 4. The molecule has 0 saturated carbocycles. The number of esters is 1. The lowest BCUT2D eigenvalue weighted by atomic mass is 9.96. The maximum absolute atomic E-state index is 12.1. The molecule has 0 spiro atoms. The molecule has 0 atom stereocenters. The second kappa shape index (κ2) is 34.6. The first-order valence-electron chi connectivity index (χ1n) is 32.6. The summed E-state index contributed by atoms with van der Waals surface area (Å²) >= 11 is 30.3. The number of oxime groups is 1. The van der Waals surface area contributed by atoms with Gasteiger partial charge in [-0.15, -0.1) is 0 Å². The quantitative estimate of drug-likeness (QED) is 0.0327. The molecule has 7 N–H and O–H groups in total. The molecule has 0 radical (unpaired) electrons. The van der Waals surface area contributed by atoms with Crippen molar-refractivity contribution in [3.05, 3.63) is 222 Å². The normalized spacial score (nSPS) is 13.3. The number of hydrogen-bond donors (Lipinski definition) is 7. The summed E-state index contributed by atoms with van der Waals surface area (Å²) in [5, 5.41) is 23.3. The predicted octanol–water partition coefficient (Wildman–Crippen LogP) is 21.6. The van der Waals surface area contributed by atoms with Crippen LogP contribution in [0.15, 0.2) is 184 Å². The minimum Gasteiger partial charge on any atom is -0.465 e. The Morgan fingerprint density at radius 2 is 0.960 bits per heavy atom. The Kier molecular flexibility index (Phi) is 25.8. The van der Waals surface area contributed by atoms with E-state index in [-0.39, 0.29) is 30.1 Å². The number of carbonyl (C=O) groups is 5. The number of rotatable bonds is 13. The standard InChI is InChI=1S/C21H21ClN2O3S.C17H15ClN2OS.C15H15ClN2OS.C15H14ClNOS.C9H11NO/c1-4-27-19(26)12-24-13(2)21(28-16-10-8-15(22)9-11-16)20-17(23-14(3)25)6-5-7-18(20)24;1-10-17(22-13-8-6-12(18)7-9-13)16-14(19-10)4-3-5-15(16)20-11(2)21;1-9-15(20-11-7-5-10(16)6-8-11)14-12(17-9)3-2-4-13(14)18-19;1-9-15(19-11-7-5-10(16)6-8-11)14-12(17-9)3-2-4-13(14)18;1-6-5-7-8(10-6)3-2-4-9(7)11/h5-11H,4,12H2,1-3H3,(H,23,25);3-9,19H,1-2H3,(H,20,21);5-8,17,19H,2-4H2,1H3;5-8,17H,2-4H2,1H3;5,10H,2-4H2,1H3/b;;18-13+;;. The van der Waals surface area contributed by atoms with Crippen molar-refractivity contribution in [3.63, 3.8) is 0 Å². The molecule has 100 heavy (non-hydrogen) atoms. The van der Waals surface area contributed by atoms with E-state index in [2.05, 4.69) is 42.6 Å². The first kappa shape index (κ1) is 74.7. The molecule has 0 unspecified atom stereocenters. The monoisotopic (exact) mass is 1490 g/mol. The van der Waals surface area contributed by atoms with Crippen LogP contribution in [-0.2, 0) is 44.9 Å². The van der Waals surface area contributed by atoms with Crippen LogP contribution in [0, 0.1) is 34.6 Å². The zero-order valence-corrected chi connectivity index (χ0v) is 62.8. The fourth-order valence-corrected chi connectivity index (χ4v) is 16.9. The number of ketones is 2. The molecule has 5 heterocycles. The summed E-state index contributed by atoms with van der Waals surface area (Å²) in [6.07, 6.45) is 8.23. The van der Waals surface area contributed by atoms with E-state index in [1.165, 1.54) is 19.5 Å². The summed E-state index contributed by atoms with van der Waals surface area (Å²) in [5.74, 6) is 0.0488. The van der Waals surface area contributed by atoms with Crippen molar-refractivity contribution >= 4 is 162 Å². The zero-order valence-electron chi connectivity index (χ0n) is 56.5. The van der Waals surface area contributed by atoms with Crippen LogP contribution >= 0.6 is 93.5 Å². The van der Waals surface area contributed by atoms with Crippen molar-refractivity contribution in [2.24, 2.45) is 5.16 Å². The summed E-state index contributed by atoms with van der Waals surface area (Å²) in [5.41, 5.74) is 15.9. The van der Waals surface area contributed by atoms with Crippen LogP contribution in [0.1, 0.15) is 131 Å². The van der Waals surface area contributed by atoms with Gasteiger partial charge in [0.2, 0.25) is 11.8 Å². The largest absolute Gasteiger partial charge is 0.465 e. The number of halogens is 4. The summed E-state index contributed by atoms with van der Waals surface area (Å²) in [4.78, 5) is 80.7. The summed E-state index contributed by atoms with van der Waals surface area (Å²) in [6.45, 7) is 15.3. The first-order chi connectivity index (χ1) is 48.0. The number of fused-ring (bicyclic) bond motifs is 5. The molecule has 14 rings (SSSR count). The maximum atomic E-state index is 12.1. The van der Waals surface area contributed by atoms with Crippen molar-refractivity contribution in [2.75, 3.05) is 17.2 Å². The van der Waals surface area contributed by atoms with Crippen LogP contribution in [0.2, 0.25) is 20.1 Å². The van der Waals surface area contributed by atoms with Gasteiger partial charge in [-0.3, -0.25) is 24.0 Å². The average Bonchev–Trinajstić information content (AvgIpc) is 1.62. The van der Waals surface area contributed by atoms with E-state index in [1.54, 1.807) is 54.0 Å². The second-order valence-corrected chi connectivity index (χ2v) is 30.1. The highest BCUT2D eigenvalue weighted by molar-refractivity contribution is 8.00. The molecule has 2 amide bonds. The second-order valence-electron chi connectivity index (χ2n) is 24.1. The Labute approximate surface area is 618 Å². The molecular weight excluding hydrogens is 1420 g/mol. The summed E-state index contributed by atoms with van der Waals surface area (Å²) < 4.78 is 7.06. The van der Waals surface area contributed by atoms with Gasteiger partial charge in [-0.2, -0.15) is 0 Å². The molecule has 0 bridgehead atoms. The van der Waals surface area contributed by atoms with Crippen LogP contribution < -0.4 is 10.6 Å². The number of aromatic nitrogens is 5. The van der Waals surface area contributed by atoms with E-state index in [4.69, 9.17) is 51.1 Å². The highest BCUT2D eigenvalue weighted by atomic mass is 35.5. The predicted molar refractivity (Wildman–Crippen MR) is 410 cm³/mol. The van der Waals surface area contributed by atoms with Gasteiger partial charge in [0.05, 0.1) is 34.8 Å². The fourth-order valence-electron chi connectivity index (χ4n) is 12.1. The lowest BCUT2D eigenvalue weighted by Gasteiger charge is -2.14. The van der Waals surface area contributed by atoms with Crippen molar-refractivity contribution in [1.82, 2.24) is 24.5 Å². The maximum Gasteiger partial charge on any atom is 0.325 e. The lowest BCUT2D eigenvalue weighted by Crippen LogP contribution is -2.14. The van der Waals surface area contributed by atoms with Gasteiger partial charge in [-0.25, -0.2) is 0 Å². The van der Waals surface area contributed by atoms with Gasteiger partial charge in [-0.1, -0.05) is 111 Å². The van der Waals surface area contributed by atoms with E-state index >= 15 is 0 Å². The molecule has 15 nitrogen and oxygen atoms in total. The molecule has 23 heteroatoms. The molecule has 6 aromatic carbocycles. The number of amides is 2. The molecule has 0 saturated heterocycles. The van der Waals surface area contributed by atoms with Gasteiger partial charge < -0.3 is 45.1 Å². The summed E-state index contributed by atoms with van der Waals surface area (Å²) in [7, 11) is 0. The van der Waals surface area contributed by atoms with E-state index in [0.29, 0.717) is 29.5 Å². The topological polar surface area (TPSA) is 219 Å². The van der Waals surface area contributed by atoms with Crippen molar-refractivity contribution < 1.29 is 33.9 Å². The zero-order chi connectivity index (χ0) is 71.3. The van der Waals surface area contributed by atoms with Gasteiger partial charge in [0.1, 0.15) is 6.54 Å². The number of nitrogens with zero attached hydrogens (tertiary/aromatic N) is 2. The Hall–Kier alpha value is -7.98. The van der Waals surface area contributed by atoms with Gasteiger partial charge in [0.25, 0.3) is 0 Å². The minimum absolute atomic E-state index is 0.0752. The number of aryl methyl sites for hydroxylation is 7. The van der Waals surface area contributed by atoms with Gasteiger partial charge in [0, 0.05) is 159 Å². The highest BCUT2D eigenvalue weighted by Crippen LogP contribution is 2.45. The Morgan fingerprint density at radius 3 is 1.46 bits per heavy atom. The van der Waals surface area contributed by atoms with Crippen molar-refractivity contribution in [2.45, 2.75) is 159 Å². The minimum atomic E-state index is -0.296. The third kappa shape index (κ3) is 18.8. The molecule has 3 aliphatic carbocycles.